The minimum Gasteiger partial charge on any atom is -0.480 e. The van der Waals surface area contributed by atoms with E-state index in [0.717, 1.165) is 19.3 Å². The fraction of sp³-hybridized carbons (Fsp3) is 0.833. The Labute approximate surface area is 96.6 Å². The number of aliphatic carboxylic acids is 1. The Morgan fingerprint density at radius 2 is 2.12 bits per heavy atom. The molecule has 0 radical (unpaired) electrons. The molecular formula is C12H21NO3. The molecule has 16 heavy (non-hydrogen) atoms. The van der Waals surface area contributed by atoms with E-state index in [4.69, 9.17) is 0 Å². The molecule has 0 aromatic rings. The fourth-order valence-corrected chi connectivity index (χ4v) is 1.87. The summed E-state index contributed by atoms with van der Waals surface area (Å²) in [7, 11) is 0. The Balaban J connectivity index is 2.76. The third-order valence-electron chi connectivity index (χ3n) is 3.29. The van der Waals surface area contributed by atoms with Gasteiger partial charge in [-0.1, -0.05) is 13.8 Å². The van der Waals surface area contributed by atoms with Crippen LogP contribution in [0.2, 0.25) is 0 Å². The average molecular weight is 227 g/mol. The highest BCUT2D eigenvalue weighted by Crippen LogP contribution is 2.34. The first kappa shape index (κ1) is 13.0. The monoisotopic (exact) mass is 227 g/mol. The summed E-state index contributed by atoms with van der Waals surface area (Å²) in [5, 5.41) is 9.32. The quantitative estimate of drug-likeness (QED) is 0.676. The summed E-state index contributed by atoms with van der Waals surface area (Å²) in [6.07, 6.45) is 3.91. The van der Waals surface area contributed by atoms with Crippen LogP contribution in [0.25, 0.3) is 0 Å². The molecule has 0 aromatic heterocycles. The Kier molecular flexibility index (Phi) is 3.94. The fourth-order valence-electron chi connectivity index (χ4n) is 1.87. The molecule has 0 bridgehead atoms. The lowest BCUT2D eigenvalue weighted by Gasteiger charge is -2.36. The van der Waals surface area contributed by atoms with Crippen molar-refractivity contribution in [2.45, 2.75) is 58.0 Å². The van der Waals surface area contributed by atoms with Gasteiger partial charge in [0.2, 0.25) is 6.41 Å². The second kappa shape index (κ2) is 4.85. The van der Waals surface area contributed by atoms with Crippen molar-refractivity contribution in [3.8, 4) is 0 Å². The van der Waals surface area contributed by atoms with E-state index in [0.29, 0.717) is 18.7 Å². The van der Waals surface area contributed by atoms with E-state index >= 15 is 0 Å². The highest BCUT2D eigenvalue weighted by Gasteiger charge is 2.45. The van der Waals surface area contributed by atoms with E-state index in [-0.39, 0.29) is 6.04 Å². The summed E-state index contributed by atoms with van der Waals surface area (Å²) in [6, 6.07) is 0.144. The van der Waals surface area contributed by atoms with Crippen molar-refractivity contribution in [1.29, 1.82) is 0 Å². The van der Waals surface area contributed by atoms with E-state index in [1.165, 1.54) is 4.90 Å². The summed E-state index contributed by atoms with van der Waals surface area (Å²) in [6.45, 7) is 5.78. The maximum Gasteiger partial charge on any atom is 0.329 e. The number of amides is 1. The number of carbonyl (C=O) groups is 2. The molecule has 1 aliphatic rings. The summed E-state index contributed by atoms with van der Waals surface area (Å²) in [4.78, 5) is 23.9. The Morgan fingerprint density at radius 1 is 1.56 bits per heavy atom. The highest BCUT2D eigenvalue weighted by atomic mass is 16.4. The van der Waals surface area contributed by atoms with Crippen LogP contribution in [0.15, 0.2) is 0 Å². The smallest absolute Gasteiger partial charge is 0.329 e. The zero-order valence-electron chi connectivity index (χ0n) is 10.3. The average Bonchev–Trinajstić information content (AvgIpc) is 2.99. The van der Waals surface area contributed by atoms with Crippen molar-refractivity contribution >= 4 is 12.4 Å². The number of carbonyl (C=O) groups excluding carboxylic acids is 1. The van der Waals surface area contributed by atoms with E-state index in [2.05, 4.69) is 13.8 Å². The summed E-state index contributed by atoms with van der Waals surface area (Å²) in [5.74, 6) is -0.446. The Bertz CT molecular complexity index is 273. The van der Waals surface area contributed by atoms with Gasteiger partial charge in [-0.25, -0.2) is 4.79 Å². The number of rotatable bonds is 7. The van der Waals surface area contributed by atoms with Crippen molar-refractivity contribution in [2.24, 2.45) is 5.92 Å². The molecule has 1 N–H and O–H groups in total. The van der Waals surface area contributed by atoms with Crippen molar-refractivity contribution in [3.05, 3.63) is 0 Å². The molecule has 1 rings (SSSR count). The second-order valence-electron chi connectivity index (χ2n) is 5.26. The molecule has 4 nitrogen and oxygen atoms in total. The third kappa shape index (κ3) is 2.74. The number of hydrogen-bond donors (Lipinski definition) is 1. The van der Waals surface area contributed by atoms with E-state index in [1.54, 1.807) is 6.92 Å². The SMILES string of the molecule is CC(C)CCC(C)(C(=O)O)N(C=O)C1CC1. The molecule has 4 heteroatoms. The van der Waals surface area contributed by atoms with E-state index in [9.17, 15) is 14.7 Å². The zero-order valence-corrected chi connectivity index (χ0v) is 10.3. The summed E-state index contributed by atoms with van der Waals surface area (Å²) in [5.41, 5.74) is -1.03. The van der Waals surface area contributed by atoms with Gasteiger partial charge in [-0.3, -0.25) is 4.79 Å². The summed E-state index contributed by atoms with van der Waals surface area (Å²) >= 11 is 0. The molecule has 0 aliphatic heterocycles. The number of carboxylic acids is 1. The minimum absolute atomic E-state index is 0.144. The molecule has 92 valence electrons. The predicted octanol–water partition coefficient (Wildman–Crippen LogP) is 1.89. The first-order chi connectivity index (χ1) is 7.41. The van der Waals surface area contributed by atoms with Crippen molar-refractivity contribution < 1.29 is 14.7 Å². The van der Waals surface area contributed by atoms with Crippen LogP contribution in [0.1, 0.15) is 46.5 Å². The van der Waals surface area contributed by atoms with Gasteiger partial charge >= 0.3 is 5.97 Å². The largest absolute Gasteiger partial charge is 0.480 e. The lowest BCUT2D eigenvalue weighted by Crippen LogP contribution is -2.53. The molecule has 1 atom stereocenters. The Hall–Kier alpha value is -1.06. The van der Waals surface area contributed by atoms with Gasteiger partial charge in [0.25, 0.3) is 0 Å². The molecule has 0 heterocycles. The van der Waals surface area contributed by atoms with Gasteiger partial charge in [0.15, 0.2) is 0 Å². The van der Waals surface area contributed by atoms with Crippen LogP contribution in [-0.2, 0) is 9.59 Å². The van der Waals surface area contributed by atoms with Crippen molar-refractivity contribution in [1.82, 2.24) is 4.90 Å². The lowest BCUT2D eigenvalue weighted by atomic mass is 9.90. The molecule has 1 fully saturated rings. The molecular weight excluding hydrogens is 206 g/mol. The predicted molar refractivity (Wildman–Crippen MR) is 61.0 cm³/mol. The van der Waals surface area contributed by atoms with E-state index < -0.39 is 11.5 Å². The van der Waals surface area contributed by atoms with Crippen LogP contribution in [-0.4, -0.2) is 34.0 Å². The number of hydrogen-bond acceptors (Lipinski definition) is 2. The van der Waals surface area contributed by atoms with Gasteiger partial charge in [-0.2, -0.15) is 0 Å². The second-order valence-corrected chi connectivity index (χ2v) is 5.26. The van der Waals surface area contributed by atoms with Crippen LogP contribution in [0, 0.1) is 5.92 Å². The van der Waals surface area contributed by atoms with Crippen LogP contribution in [0.4, 0.5) is 0 Å². The maximum atomic E-state index is 11.4. The van der Waals surface area contributed by atoms with Crippen LogP contribution >= 0.6 is 0 Å². The first-order valence-corrected chi connectivity index (χ1v) is 5.89. The number of carboxylic acid groups (broad SMARTS) is 1. The minimum atomic E-state index is -1.03. The van der Waals surface area contributed by atoms with E-state index in [1.807, 2.05) is 0 Å². The van der Waals surface area contributed by atoms with Gasteiger partial charge in [-0.05, 0) is 38.5 Å². The third-order valence-corrected chi connectivity index (χ3v) is 3.29. The maximum absolute atomic E-state index is 11.4. The normalized spacial score (nSPS) is 19.2. The lowest BCUT2D eigenvalue weighted by molar-refractivity contribution is -0.155. The van der Waals surface area contributed by atoms with Gasteiger partial charge in [0, 0.05) is 6.04 Å². The van der Waals surface area contributed by atoms with Gasteiger partial charge in [0.1, 0.15) is 5.54 Å². The molecule has 0 saturated heterocycles. The first-order valence-electron chi connectivity index (χ1n) is 5.89. The molecule has 1 saturated carbocycles. The van der Waals surface area contributed by atoms with Crippen LogP contribution in [0.5, 0.6) is 0 Å². The Morgan fingerprint density at radius 3 is 2.44 bits per heavy atom. The highest BCUT2D eigenvalue weighted by molar-refractivity contribution is 5.81. The zero-order chi connectivity index (χ0) is 12.3. The van der Waals surface area contributed by atoms with Crippen molar-refractivity contribution in [2.75, 3.05) is 0 Å². The van der Waals surface area contributed by atoms with Gasteiger partial charge < -0.3 is 10.0 Å². The van der Waals surface area contributed by atoms with Crippen LogP contribution in [0.3, 0.4) is 0 Å². The topological polar surface area (TPSA) is 57.6 Å². The molecule has 0 spiro atoms. The standard InChI is InChI=1S/C12H21NO3/c1-9(2)6-7-12(3,11(15)16)13(8-14)10-4-5-10/h8-10H,4-7H2,1-3H3,(H,15,16). The van der Waals surface area contributed by atoms with Gasteiger partial charge in [-0.15, -0.1) is 0 Å². The molecule has 0 aromatic carbocycles. The van der Waals surface area contributed by atoms with Crippen LogP contribution < -0.4 is 0 Å². The summed E-state index contributed by atoms with van der Waals surface area (Å²) < 4.78 is 0. The molecule has 1 amide bonds. The molecule has 1 unspecified atom stereocenters. The number of nitrogens with zero attached hydrogens (tertiary/aromatic N) is 1. The van der Waals surface area contributed by atoms with Crippen molar-refractivity contribution in [3.63, 3.8) is 0 Å². The van der Waals surface area contributed by atoms with Gasteiger partial charge in [0.05, 0.1) is 0 Å². The molecule has 1 aliphatic carbocycles.